The molecule has 3 rings (SSSR count). The van der Waals surface area contributed by atoms with Crippen LogP contribution in [-0.4, -0.2) is 23.6 Å². The summed E-state index contributed by atoms with van der Waals surface area (Å²) in [5, 5.41) is 1.93. The van der Waals surface area contributed by atoms with Gasteiger partial charge in [0.05, 0.1) is 23.7 Å². The van der Waals surface area contributed by atoms with Crippen LogP contribution in [0.4, 0.5) is 0 Å². The summed E-state index contributed by atoms with van der Waals surface area (Å²) in [6.45, 7) is 0.0334. The minimum Gasteiger partial charge on any atom is -0.468 e. The summed E-state index contributed by atoms with van der Waals surface area (Å²) in [5.74, 6) is -0.599. The first-order chi connectivity index (χ1) is 11.2. The van der Waals surface area contributed by atoms with Crippen molar-refractivity contribution in [2.24, 2.45) is 4.99 Å². The van der Waals surface area contributed by atoms with Crippen LogP contribution in [0.25, 0.3) is 10.2 Å². The second kappa shape index (κ2) is 6.89. The molecule has 23 heavy (non-hydrogen) atoms. The average molecular weight is 346 g/mol. The van der Waals surface area contributed by atoms with Crippen molar-refractivity contribution in [2.75, 3.05) is 7.11 Å². The molecule has 118 valence electrons. The van der Waals surface area contributed by atoms with E-state index in [1.165, 1.54) is 29.8 Å². The van der Waals surface area contributed by atoms with Gasteiger partial charge in [0.2, 0.25) is 0 Å². The molecule has 0 fully saturated rings. The van der Waals surface area contributed by atoms with Crippen LogP contribution in [0.1, 0.15) is 4.88 Å². The fourth-order valence-corrected chi connectivity index (χ4v) is 3.90. The van der Waals surface area contributed by atoms with Crippen molar-refractivity contribution >= 4 is 44.8 Å². The van der Waals surface area contributed by atoms with E-state index in [0.717, 1.165) is 15.1 Å². The van der Waals surface area contributed by atoms with Gasteiger partial charge in [0.15, 0.2) is 4.80 Å². The Kier molecular flexibility index (Phi) is 4.68. The van der Waals surface area contributed by atoms with Crippen molar-refractivity contribution in [3.8, 4) is 0 Å². The Hall–Kier alpha value is -2.25. The summed E-state index contributed by atoms with van der Waals surface area (Å²) in [6.07, 6.45) is 0.268. The average Bonchev–Trinajstić information content (AvgIpc) is 3.16. The molecule has 0 bridgehead atoms. The predicted molar refractivity (Wildman–Crippen MR) is 90.4 cm³/mol. The largest absolute Gasteiger partial charge is 0.468 e. The minimum absolute atomic E-state index is 0.0334. The van der Waals surface area contributed by atoms with Crippen molar-refractivity contribution < 1.29 is 14.3 Å². The van der Waals surface area contributed by atoms with Crippen molar-refractivity contribution in [1.82, 2.24) is 4.57 Å². The molecule has 0 spiro atoms. The standard InChI is InChI=1S/C16H14N2O3S2/c1-21-15(20)10-18-12-6-2-3-7-13(12)23-16(18)17-14(19)9-11-5-4-8-22-11/h2-8H,9-10H2,1H3. The Balaban J connectivity index is 2.01. The first-order valence-corrected chi connectivity index (χ1v) is 8.62. The number of esters is 1. The van der Waals surface area contributed by atoms with E-state index in [2.05, 4.69) is 4.99 Å². The van der Waals surface area contributed by atoms with Gasteiger partial charge in [-0.25, -0.2) is 0 Å². The third-order valence-electron chi connectivity index (χ3n) is 3.23. The zero-order valence-corrected chi connectivity index (χ0v) is 14.0. The van der Waals surface area contributed by atoms with Crippen molar-refractivity contribution in [2.45, 2.75) is 13.0 Å². The van der Waals surface area contributed by atoms with Crippen LogP contribution in [-0.2, 0) is 27.3 Å². The molecule has 1 amide bonds. The fraction of sp³-hybridized carbons (Fsp3) is 0.188. The summed E-state index contributed by atoms with van der Waals surface area (Å²) < 4.78 is 7.43. The van der Waals surface area contributed by atoms with E-state index in [4.69, 9.17) is 4.74 Å². The first-order valence-electron chi connectivity index (χ1n) is 6.92. The number of methoxy groups -OCH3 is 1. The van der Waals surface area contributed by atoms with E-state index in [1.54, 1.807) is 4.57 Å². The van der Waals surface area contributed by atoms with Gasteiger partial charge in [-0.05, 0) is 23.6 Å². The maximum Gasteiger partial charge on any atom is 0.325 e. The lowest BCUT2D eigenvalue weighted by Gasteiger charge is -2.03. The highest BCUT2D eigenvalue weighted by atomic mass is 32.1. The highest BCUT2D eigenvalue weighted by Crippen LogP contribution is 2.17. The fourth-order valence-electron chi connectivity index (χ4n) is 2.16. The van der Waals surface area contributed by atoms with Crippen LogP contribution in [0.3, 0.4) is 0 Å². The molecule has 0 unspecified atom stereocenters. The lowest BCUT2D eigenvalue weighted by molar-refractivity contribution is -0.141. The summed E-state index contributed by atoms with van der Waals surface area (Å²) in [6, 6.07) is 11.5. The highest BCUT2D eigenvalue weighted by Gasteiger charge is 2.11. The minimum atomic E-state index is -0.374. The number of hydrogen-bond acceptors (Lipinski definition) is 5. The molecule has 2 heterocycles. The van der Waals surface area contributed by atoms with Gasteiger partial charge in [-0.3, -0.25) is 9.59 Å². The van der Waals surface area contributed by atoms with E-state index in [0.29, 0.717) is 4.80 Å². The lowest BCUT2D eigenvalue weighted by atomic mass is 10.3. The summed E-state index contributed by atoms with van der Waals surface area (Å²) in [4.78, 5) is 29.5. The van der Waals surface area contributed by atoms with Crippen LogP contribution < -0.4 is 4.80 Å². The molecule has 2 aromatic heterocycles. The number of thiazole rings is 1. The number of aromatic nitrogens is 1. The normalized spacial score (nSPS) is 11.8. The van der Waals surface area contributed by atoms with E-state index in [-0.39, 0.29) is 24.8 Å². The van der Waals surface area contributed by atoms with Gasteiger partial charge in [-0.1, -0.05) is 29.5 Å². The van der Waals surface area contributed by atoms with Crippen LogP contribution in [0.5, 0.6) is 0 Å². The molecule has 0 N–H and O–H groups in total. The Labute approximate surface area is 140 Å². The number of rotatable bonds is 4. The molecule has 1 aromatic carbocycles. The van der Waals surface area contributed by atoms with Gasteiger partial charge in [-0.2, -0.15) is 4.99 Å². The molecule has 0 saturated carbocycles. The van der Waals surface area contributed by atoms with Gasteiger partial charge in [0.1, 0.15) is 6.54 Å². The number of fused-ring (bicyclic) bond motifs is 1. The van der Waals surface area contributed by atoms with E-state index in [9.17, 15) is 9.59 Å². The first kappa shape index (κ1) is 15.6. The molecule has 5 nitrogen and oxygen atoms in total. The zero-order valence-electron chi connectivity index (χ0n) is 12.4. The molecule has 0 aliphatic rings. The van der Waals surface area contributed by atoms with E-state index >= 15 is 0 Å². The van der Waals surface area contributed by atoms with Crippen molar-refractivity contribution in [1.29, 1.82) is 0 Å². The molecule has 0 aliphatic carbocycles. The molecule has 0 saturated heterocycles. The third-order valence-corrected chi connectivity index (χ3v) is 5.16. The Morgan fingerprint density at radius 1 is 1.22 bits per heavy atom. The molecule has 7 heteroatoms. The molecular weight excluding hydrogens is 332 g/mol. The maximum atomic E-state index is 12.2. The van der Waals surface area contributed by atoms with Crippen molar-refractivity contribution in [3.63, 3.8) is 0 Å². The zero-order chi connectivity index (χ0) is 16.2. The van der Waals surface area contributed by atoms with Gasteiger partial charge >= 0.3 is 5.97 Å². The predicted octanol–water partition coefficient (Wildman–Crippen LogP) is 2.61. The second-order valence-corrected chi connectivity index (χ2v) is 6.82. The lowest BCUT2D eigenvalue weighted by Crippen LogP contribution is -2.22. The topological polar surface area (TPSA) is 60.7 Å². The number of carbonyl (C=O) groups is 2. The number of hydrogen-bond donors (Lipinski definition) is 0. The summed E-state index contributed by atoms with van der Waals surface area (Å²) in [7, 11) is 1.34. The monoisotopic (exact) mass is 346 g/mol. The summed E-state index contributed by atoms with van der Waals surface area (Å²) in [5.41, 5.74) is 0.866. The quantitative estimate of drug-likeness (QED) is 0.682. The molecule has 0 atom stereocenters. The van der Waals surface area contributed by atoms with E-state index in [1.807, 2.05) is 41.8 Å². The Morgan fingerprint density at radius 2 is 2.04 bits per heavy atom. The number of amides is 1. The molecule has 3 aromatic rings. The maximum absolute atomic E-state index is 12.2. The number of para-hydroxylation sites is 1. The number of ether oxygens (including phenoxy) is 1. The number of nitrogens with zero attached hydrogens (tertiary/aromatic N) is 2. The smallest absolute Gasteiger partial charge is 0.325 e. The van der Waals surface area contributed by atoms with Crippen molar-refractivity contribution in [3.05, 3.63) is 51.5 Å². The van der Waals surface area contributed by atoms with Gasteiger partial charge in [0.25, 0.3) is 5.91 Å². The van der Waals surface area contributed by atoms with Crippen LogP contribution in [0.2, 0.25) is 0 Å². The number of benzene rings is 1. The molecule has 0 radical (unpaired) electrons. The highest BCUT2D eigenvalue weighted by molar-refractivity contribution is 7.16. The van der Waals surface area contributed by atoms with Gasteiger partial charge in [-0.15, -0.1) is 11.3 Å². The number of carbonyl (C=O) groups excluding carboxylic acids is 2. The SMILES string of the molecule is COC(=O)Cn1c(=NC(=O)Cc2cccs2)sc2ccccc21. The van der Waals surface area contributed by atoms with E-state index < -0.39 is 0 Å². The van der Waals surface area contributed by atoms with Gasteiger partial charge in [0, 0.05) is 4.88 Å². The third kappa shape index (κ3) is 3.57. The van der Waals surface area contributed by atoms with Crippen LogP contribution in [0, 0.1) is 0 Å². The van der Waals surface area contributed by atoms with Gasteiger partial charge < -0.3 is 9.30 Å². The second-order valence-electron chi connectivity index (χ2n) is 4.78. The number of thiophene rings is 1. The van der Waals surface area contributed by atoms with Crippen LogP contribution >= 0.6 is 22.7 Å². The Morgan fingerprint density at radius 3 is 2.78 bits per heavy atom. The molecule has 0 aliphatic heterocycles. The van der Waals surface area contributed by atoms with Crippen LogP contribution in [0.15, 0.2) is 46.8 Å². The Bertz CT molecular complexity index is 907. The molecular formula is C16H14N2O3S2. The summed E-state index contributed by atoms with van der Waals surface area (Å²) >= 11 is 2.92.